The number of hydrogen-bond acceptors (Lipinski definition) is 5. The maximum Gasteiger partial charge on any atom is 0.250 e. The molecular weight excluding hydrogens is 292 g/mol. The Morgan fingerprint density at radius 1 is 1.39 bits per heavy atom. The SMILES string of the molecule is Cc1ccc(CN2CCO[C@@H](CCc3cc(=O)[nH]cn3)C2)cn1. The van der Waals surface area contributed by atoms with Crippen molar-refractivity contribution in [2.45, 2.75) is 32.4 Å². The van der Waals surface area contributed by atoms with Crippen molar-refractivity contribution in [2.75, 3.05) is 19.7 Å². The minimum Gasteiger partial charge on any atom is -0.376 e. The van der Waals surface area contributed by atoms with Gasteiger partial charge in [-0.05, 0) is 31.4 Å². The Hall–Kier alpha value is -2.05. The van der Waals surface area contributed by atoms with Gasteiger partial charge in [-0.25, -0.2) is 4.98 Å². The molecule has 1 aliphatic rings. The Bertz CT molecular complexity index is 683. The van der Waals surface area contributed by atoms with Gasteiger partial charge in [-0.3, -0.25) is 14.7 Å². The summed E-state index contributed by atoms with van der Waals surface area (Å²) in [5, 5.41) is 0. The first-order chi connectivity index (χ1) is 11.2. The molecule has 0 saturated carbocycles. The van der Waals surface area contributed by atoms with Gasteiger partial charge in [-0.1, -0.05) is 6.07 Å². The molecule has 0 aliphatic carbocycles. The predicted octanol–water partition coefficient (Wildman–Crippen LogP) is 1.31. The normalized spacial score (nSPS) is 18.9. The molecule has 2 aromatic heterocycles. The number of ether oxygens (including phenoxy) is 1. The van der Waals surface area contributed by atoms with E-state index in [1.165, 1.54) is 11.9 Å². The van der Waals surface area contributed by atoms with E-state index in [2.05, 4.69) is 25.9 Å². The quantitative estimate of drug-likeness (QED) is 0.901. The van der Waals surface area contributed by atoms with Crippen molar-refractivity contribution in [2.24, 2.45) is 0 Å². The minimum absolute atomic E-state index is 0.104. The summed E-state index contributed by atoms with van der Waals surface area (Å²) >= 11 is 0. The number of hydrogen-bond donors (Lipinski definition) is 1. The monoisotopic (exact) mass is 314 g/mol. The van der Waals surface area contributed by atoms with Gasteiger partial charge in [-0.15, -0.1) is 0 Å². The third-order valence-corrected chi connectivity index (χ3v) is 4.06. The number of aryl methyl sites for hydroxylation is 2. The lowest BCUT2D eigenvalue weighted by Gasteiger charge is -2.33. The summed E-state index contributed by atoms with van der Waals surface area (Å²) in [6, 6.07) is 5.73. The van der Waals surface area contributed by atoms with Crippen molar-refractivity contribution in [3.63, 3.8) is 0 Å². The van der Waals surface area contributed by atoms with Gasteiger partial charge in [0.25, 0.3) is 5.56 Å². The Balaban J connectivity index is 1.51. The molecule has 0 amide bonds. The van der Waals surface area contributed by atoms with Gasteiger partial charge in [0.1, 0.15) is 0 Å². The van der Waals surface area contributed by atoms with Gasteiger partial charge in [-0.2, -0.15) is 0 Å². The van der Waals surface area contributed by atoms with Gasteiger partial charge in [0, 0.05) is 43.3 Å². The first-order valence-corrected chi connectivity index (χ1v) is 7.98. The summed E-state index contributed by atoms with van der Waals surface area (Å²) in [4.78, 5) is 24.7. The molecule has 0 aromatic carbocycles. The molecule has 1 aliphatic heterocycles. The molecule has 1 N–H and O–H groups in total. The standard InChI is InChI=1S/C17H22N4O2/c1-13-2-3-14(9-18-13)10-21-6-7-23-16(11-21)5-4-15-8-17(22)20-12-19-15/h2-3,8-9,12,16H,4-7,10-11H2,1H3,(H,19,20,22)/t16-/m0/s1. The van der Waals surface area contributed by atoms with Gasteiger partial charge in [0.2, 0.25) is 0 Å². The number of morpholine rings is 1. The predicted molar refractivity (Wildman–Crippen MR) is 87.2 cm³/mol. The van der Waals surface area contributed by atoms with Crippen LogP contribution < -0.4 is 5.56 Å². The van der Waals surface area contributed by atoms with Crippen LogP contribution in [0.3, 0.4) is 0 Å². The molecular formula is C17H22N4O2. The lowest BCUT2D eigenvalue weighted by atomic mass is 10.1. The molecule has 0 radical (unpaired) electrons. The average Bonchev–Trinajstić information content (AvgIpc) is 2.56. The van der Waals surface area contributed by atoms with Crippen molar-refractivity contribution in [3.05, 3.63) is 58.0 Å². The van der Waals surface area contributed by atoms with Crippen LogP contribution in [0.2, 0.25) is 0 Å². The number of H-pyrrole nitrogens is 1. The second-order valence-corrected chi connectivity index (χ2v) is 5.98. The van der Waals surface area contributed by atoms with E-state index in [4.69, 9.17) is 4.74 Å². The number of nitrogens with one attached hydrogen (secondary N) is 1. The van der Waals surface area contributed by atoms with Gasteiger partial charge in [0.15, 0.2) is 0 Å². The summed E-state index contributed by atoms with van der Waals surface area (Å²) in [5.74, 6) is 0. The molecule has 0 bridgehead atoms. The number of aromatic amines is 1. The average molecular weight is 314 g/mol. The van der Waals surface area contributed by atoms with Gasteiger partial charge >= 0.3 is 0 Å². The number of pyridine rings is 1. The number of aromatic nitrogens is 3. The fourth-order valence-corrected chi connectivity index (χ4v) is 2.80. The summed E-state index contributed by atoms with van der Waals surface area (Å²) in [7, 11) is 0. The first-order valence-electron chi connectivity index (χ1n) is 7.98. The van der Waals surface area contributed by atoms with Crippen LogP contribution in [0.4, 0.5) is 0 Å². The fourth-order valence-electron chi connectivity index (χ4n) is 2.80. The maximum absolute atomic E-state index is 11.3. The molecule has 1 fully saturated rings. The van der Waals surface area contributed by atoms with Crippen LogP contribution in [0.1, 0.15) is 23.4 Å². The van der Waals surface area contributed by atoms with Crippen molar-refractivity contribution in [3.8, 4) is 0 Å². The summed E-state index contributed by atoms with van der Waals surface area (Å²) < 4.78 is 5.85. The van der Waals surface area contributed by atoms with E-state index in [0.717, 1.165) is 50.5 Å². The highest BCUT2D eigenvalue weighted by atomic mass is 16.5. The van der Waals surface area contributed by atoms with Gasteiger partial charge in [0.05, 0.1) is 19.0 Å². The third kappa shape index (κ3) is 4.71. The van der Waals surface area contributed by atoms with E-state index in [1.54, 1.807) is 6.07 Å². The molecule has 0 unspecified atom stereocenters. The smallest absolute Gasteiger partial charge is 0.250 e. The van der Waals surface area contributed by atoms with Crippen molar-refractivity contribution >= 4 is 0 Å². The van der Waals surface area contributed by atoms with E-state index < -0.39 is 0 Å². The fraction of sp³-hybridized carbons (Fsp3) is 0.471. The van der Waals surface area contributed by atoms with E-state index in [9.17, 15) is 4.79 Å². The molecule has 1 atom stereocenters. The zero-order chi connectivity index (χ0) is 16.1. The molecule has 2 aromatic rings. The lowest BCUT2D eigenvalue weighted by molar-refractivity contribution is -0.0347. The second kappa shape index (κ2) is 7.48. The van der Waals surface area contributed by atoms with Crippen LogP contribution in [0.15, 0.2) is 35.5 Å². The van der Waals surface area contributed by atoms with Crippen molar-refractivity contribution in [1.82, 2.24) is 19.9 Å². The minimum atomic E-state index is -0.104. The van der Waals surface area contributed by atoms with Crippen LogP contribution in [0.25, 0.3) is 0 Å². The molecule has 0 spiro atoms. The molecule has 3 heterocycles. The Morgan fingerprint density at radius 3 is 3.09 bits per heavy atom. The van der Waals surface area contributed by atoms with Crippen LogP contribution in [0, 0.1) is 6.92 Å². The van der Waals surface area contributed by atoms with Crippen LogP contribution >= 0.6 is 0 Å². The zero-order valence-corrected chi connectivity index (χ0v) is 13.4. The van der Waals surface area contributed by atoms with Crippen LogP contribution in [0.5, 0.6) is 0 Å². The topological polar surface area (TPSA) is 71.1 Å². The van der Waals surface area contributed by atoms with E-state index >= 15 is 0 Å². The maximum atomic E-state index is 11.3. The Labute approximate surface area is 135 Å². The molecule has 6 heteroatoms. The van der Waals surface area contributed by atoms with Crippen molar-refractivity contribution in [1.29, 1.82) is 0 Å². The van der Waals surface area contributed by atoms with Crippen molar-refractivity contribution < 1.29 is 4.74 Å². The molecule has 3 rings (SSSR count). The summed E-state index contributed by atoms with van der Waals surface area (Å²) in [6.45, 7) is 5.48. The number of nitrogens with zero attached hydrogens (tertiary/aromatic N) is 3. The third-order valence-electron chi connectivity index (χ3n) is 4.06. The van der Waals surface area contributed by atoms with E-state index in [-0.39, 0.29) is 11.7 Å². The molecule has 122 valence electrons. The van der Waals surface area contributed by atoms with Gasteiger partial charge < -0.3 is 9.72 Å². The molecule has 23 heavy (non-hydrogen) atoms. The molecule has 6 nitrogen and oxygen atoms in total. The molecule has 1 saturated heterocycles. The van der Waals surface area contributed by atoms with Crippen LogP contribution in [-0.4, -0.2) is 45.7 Å². The highest BCUT2D eigenvalue weighted by molar-refractivity contribution is 5.13. The highest BCUT2D eigenvalue weighted by Crippen LogP contribution is 2.14. The Kier molecular flexibility index (Phi) is 5.15. The lowest BCUT2D eigenvalue weighted by Crippen LogP contribution is -2.42. The van der Waals surface area contributed by atoms with E-state index in [0.29, 0.717) is 0 Å². The zero-order valence-electron chi connectivity index (χ0n) is 13.4. The largest absolute Gasteiger partial charge is 0.376 e. The van der Waals surface area contributed by atoms with Crippen LogP contribution in [-0.2, 0) is 17.7 Å². The Morgan fingerprint density at radius 2 is 2.30 bits per heavy atom. The number of rotatable bonds is 5. The van der Waals surface area contributed by atoms with E-state index in [1.807, 2.05) is 19.2 Å². The second-order valence-electron chi connectivity index (χ2n) is 5.98. The first kappa shape index (κ1) is 15.8. The summed E-state index contributed by atoms with van der Waals surface area (Å²) in [5.41, 5.74) is 2.98. The highest BCUT2D eigenvalue weighted by Gasteiger charge is 2.20. The summed E-state index contributed by atoms with van der Waals surface area (Å²) in [6.07, 6.45) is 5.21.